The highest BCUT2D eigenvalue weighted by atomic mass is 14.7. The summed E-state index contributed by atoms with van der Waals surface area (Å²) >= 11 is 0. The first-order valence-corrected chi connectivity index (χ1v) is 5.19. The molecule has 0 bridgehead atoms. The third-order valence-corrected chi connectivity index (χ3v) is 2.19. The molecule has 1 aromatic carbocycles. The van der Waals surface area contributed by atoms with E-state index in [1.807, 2.05) is 13.8 Å². The van der Waals surface area contributed by atoms with Gasteiger partial charge in [0.05, 0.1) is 5.54 Å². The van der Waals surface area contributed by atoms with Gasteiger partial charge in [0.2, 0.25) is 0 Å². The second-order valence-electron chi connectivity index (χ2n) is 4.75. The molecule has 0 atom stereocenters. The molecule has 1 rings (SSSR count). The molecule has 0 saturated heterocycles. The molecule has 0 amide bonds. The summed E-state index contributed by atoms with van der Waals surface area (Å²) in [6, 6.07) is 4.31. The fourth-order valence-corrected chi connectivity index (χ4v) is 1.60. The zero-order chi connectivity index (χ0) is 11.6. The third-order valence-electron chi connectivity index (χ3n) is 2.19. The largest absolute Gasteiger partial charge is 0.316 e. The molecule has 80 valence electrons. The molecule has 0 radical (unpaired) electrons. The topological polar surface area (TPSA) is 26.0 Å². The van der Waals surface area contributed by atoms with Gasteiger partial charge in [0.1, 0.15) is 0 Å². The zero-order valence-corrected chi connectivity index (χ0v) is 10.2. The van der Waals surface area contributed by atoms with E-state index in [0.717, 1.165) is 5.56 Å². The molecule has 1 aromatic rings. The minimum Gasteiger partial charge on any atom is -0.316 e. The van der Waals surface area contributed by atoms with Crippen LogP contribution in [0.25, 0.3) is 0 Å². The summed E-state index contributed by atoms with van der Waals surface area (Å²) in [6.45, 7) is 10.1. The van der Waals surface area contributed by atoms with Gasteiger partial charge >= 0.3 is 0 Å². The van der Waals surface area contributed by atoms with Gasteiger partial charge in [-0.15, -0.1) is 0 Å². The Morgan fingerprint density at radius 1 is 1.07 bits per heavy atom. The van der Waals surface area contributed by atoms with Gasteiger partial charge in [-0.05, 0) is 45.7 Å². The summed E-state index contributed by atoms with van der Waals surface area (Å²) in [6.07, 6.45) is 0. The van der Waals surface area contributed by atoms with Crippen LogP contribution in [0.15, 0.2) is 12.1 Å². The monoisotopic (exact) mass is 201 g/mol. The molecule has 0 aliphatic heterocycles. The lowest BCUT2D eigenvalue weighted by Gasteiger charge is -2.09. The van der Waals surface area contributed by atoms with Gasteiger partial charge in [0.15, 0.2) is 0 Å². The number of nitrogens with two attached hydrogens (primary N) is 1. The lowest BCUT2D eigenvalue weighted by molar-refractivity contribution is 0.680. The number of aryl methyl sites for hydroxylation is 3. The highest BCUT2D eigenvalue weighted by Crippen LogP contribution is 2.15. The van der Waals surface area contributed by atoms with Crippen LogP contribution in [0.5, 0.6) is 0 Å². The first kappa shape index (κ1) is 11.8. The Bertz CT molecular complexity index is 402. The Morgan fingerprint density at radius 3 is 1.93 bits per heavy atom. The van der Waals surface area contributed by atoms with Crippen molar-refractivity contribution >= 4 is 0 Å². The molecule has 1 nitrogen and oxygen atoms in total. The van der Waals surface area contributed by atoms with Crippen LogP contribution in [0, 0.1) is 32.6 Å². The molecule has 2 N–H and O–H groups in total. The van der Waals surface area contributed by atoms with Crippen molar-refractivity contribution in [1.82, 2.24) is 0 Å². The first-order chi connectivity index (χ1) is 6.79. The highest BCUT2D eigenvalue weighted by molar-refractivity contribution is 5.49. The minimum absolute atomic E-state index is 0.427. The Labute approximate surface area is 92.7 Å². The number of hydrogen-bond donors (Lipinski definition) is 1. The van der Waals surface area contributed by atoms with E-state index in [9.17, 15) is 0 Å². The van der Waals surface area contributed by atoms with Crippen LogP contribution in [0.4, 0.5) is 0 Å². The molecular weight excluding hydrogens is 182 g/mol. The molecule has 0 aromatic heterocycles. The minimum atomic E-state index is -0.427. The van der Waals surface area contributed by atoms with Gasteiger partial charge in [0, 0.05) is 5.56 Å². The van der Waals surface area contributed by atoms with Crippen LogP contribution >= 0.6 is 0 Å². The number of benzene rings is 1. The molecule has 0 fully saturated rings. The molecule has 0 aliphatic carbocycles. The van der Waals surface area contributed by atoms with Crippen molar-refractivity contribution in [2.45, 2.75) is 40.2 Å². The van der Waals surface area contributed by atoms with Crippen molar-refractivity contribution < 1.29 is 0 Å². The van der Waals surface area contributed by atoms with E-state index < -0.39 is 5.54 Å². The predicted octanol–water partition coefficient (Wildman–Crippen LogP) is 2.70. The maximum Gasteiger partial charge on any atom is 0.0722 e. The summed E-state index contributed by atoms with van der Waals surface area (Å²) in [5, 5.41) is 0. The second kappa shape index (κ2) is 4.08. The van der Waals surface area contributed by atoms with Crippen molar-refractivity contribution in [1.29, 1.82) is 0 Å². The number of rotatable bonds is 0. The van der Waals surface area contributed by atoms with Gasteiger partial charge in [-0.1, -0.05) is 29.5 Å². The van der Waals surface area contributed by atoms with Crippen LogP contribution in [0.3, 0.4) is 0 Å². The fourth-order valence-electron chi connectivity index (χ4n) is 1.60. The Hall–Kier alpha value is -1.26. The standard InChI is InChI=1S/C14H19N/c1-10-8-11(2)13(12(3)9-10)6-7-14(4,5)15/h8-9H,15H2,1-5H3. The van der Waals surface area contributed by atoms with E-state index in [4.69, 9.17) is 5.73 Å². The predicted molar refractivity (Wildman–Crippen MR) is 65.8 cm³/mol. The van der Waals surface area contributed by atoms with Gasteiger partial charge in [-0.2, -0.15) is 0 Å². The molecule has 0 aliphatic rings. The van der Waals surface area contributed by atoms with Crippen molar-refractivity contribution in [2.24, 2.45) is 5.73 Å². The van der Waals surface area contributed by atoms with Crippen LogP contribution in [-0.2, 0) is 0 Å². The van der Waals surface area contributed by atoms with Gasteiger partial charge in [-0.3, -0.25) is 0 Å². The van der Waals surface area contributed by atoms with E-state index in [0.29, 0.717) is 0 Å². The third kappa shape index (κ3) is 3.42. The maximum atomic E-state index is 5.84. The Balaban J connectivity index is 3.20. The lowest BCUT2D eigenvalue weighted by atomic mass is 9.99. The van der Waals surface area contributed by atoms with Crippen molar-refractivity contribution in [3.8, 4) is 11.8 Å². The zero-order valence-electron chi connectivity index (χ0n) is 10.2. The van der Waals surface area contributed by atoms with Gasteiger partial charge in [0.25, 0.3) is 0 Å². The second-order valence-corrected chi connectivity index (χ2v) is 4.75. The average molecular weight is 201 g/mol. The van der Waals surface area contributed by atoms with E-state index in [1.54, 1.807) is 0 Å². The molecule has 1 heteroatoms. The molecule has 0 heterocycles. The maximum absolute atomic E-state index is 5.84. The van der Waals surface area contributed by atoms with E-state index in [-0.39, 0.29) is 0 Å². The van der Waals surface area contributed by atoms with Gasteiger partial charge < -0.3 is 5.73 Å². The summed E-state index contributed by atoms with van der Waals surface area (Å²) < 4.78 is 0. The average Bonchev–Trinajstić information content (AvgIpc) is 1.99. The Morgan fingerprint density at radius 2 is 1.53 bits per heavy atom. The summed E-state index contributed by atoms with van der Waals surface area (Å²) in [4.78, 5) is 0. The van der Waals surface area contributed by atoms with Crippen molar-refractivity contribution in [3.63, 3.8) is 0 Å². The summed E-state index contributed by atoms with van der Waals surface area (Å²) in [7, 11) is 0. The van der Waals surface area contributed by atoms with Crippen molar-refractivity contribution in [2.75, 3.05) is 0 Å². The molecule has 15 heavy (non-hydrogen) atoms. The molecule has 0 unspecified atom stereocenters. The quantitative estimate of drug-likeness (QED) is 0.642. The fraction of sp³-hybridized carbons (Fsp3) is 0.429. The smallest absolute Gasteiger partial charge is 0.0722 e. The van der Waals surface area contributed by atoms with Gasteiger partial charge in [-0.25, -0.2) is 0 Å². The van der Waals surface area contributed by atoms with E-state index in [2.05, 4.69) is 44.7 Å². The summed E-state index contributed by atoms with van der Waals surface area (Å²) in [5.41, 5.74) is 10.3. The van der Waals surface area contributed by atoms with E-state index >= 15 is 0 Å². The molecular formula is C14H19N. The highest BCUT2D eigenvalue weighted by Gasteiger charge is 2.05. The Kier molecular flexibility index (Phi) is 3.21. The van der Waals surface area contributed by atoms with Crippen LogP contribution in [0.1, 0.15) is 36.1 Å². The van der Waals surface area contributed by atoms with Crippen molar-refractivity contribution in [3.05, 3.63) is 34.4 Å². The van der Waals surface area contributed by atoms with E-state index in [1.165, 1.54) is 16.7 Å². The molecule has 0 saturated carbocycles. The normalized spacial score (nSPS) is 10.8. The van der Waals surface area contributed by atoms with Crippen LogP contribution in [0.2, 0.25) is 0 Å². The van der Waals surface area contributed by atoms with Crippen LogP contribution < -0.4 is 5.73 Å². The summed E-state index contributed by atoms with van der Waals surface area (Å²) in [5.74, 6) is 6.24. The molecule has 0 spiro atoms. The van der Waals surface area contributed by atoms with Crippen LogP contribution in [-0.4, -0.2) is 5.54 Å². The number of hydrogen-bond acceptors (Lipinski definition) is 1. The first-order valence-electron chi connectivity index (χ1n) is 5.19. The lowest BCUT2D eigenvalue weighted by Crippen LogP contribution is -2.29. The SMILES string of the molecule is Cc1cc(C)c(C#CC(C)(C)N)c(C)c1.